The van der Waals surface area contributed by atoms with Crippen LogP contribution in [0.5, 0.6) is 0 Å². The second-order valence-corrected chi connectivity index (χ2v) is 7.71. The van der Waals surface area contributed by atoms with Crippen molar-refractivity contribution in [1.29, 1.82) is 0 Å². The minimum atomic E-state index is -0.218. The van der Waals surface area contributed by atoms with Crippen LogP contribution in [0.4, 0.5) is 11.4 Å². The number of nitrogens with one attached hydrogen (secondary N) is 2. The van der Waals surface area contributed by atoms with E-state index >= 15 is 0 Å². The molecule has 1 saturated heterocycles. The van der Waals surface area contributed by atoms with Crippen molar-refractivity contribution in [3.8, 4) is 0 Å². The maximum absolute atomic E-state index is 12.1. The topological polar surface area (TPSA) is 61.4 Å². The lowest BCUT2D eigenvalue weighted by atomic mass is 9.99. The molecule has 6 heteroatoms. The Morgan fingerprint density at radius 1 is 1.04 bits per heavy atom. The molecule has 2 N–H and O–H groups in total. The van der Waals surface area contributed by atoms with Gasteiger partial charge in [-0.1, -0.05) is 18.5 Å². The summed E-state index contributed by atoms with van der Waals surface area (Å²) in [5.74, 6) is 0.454. The molecule has 0 bridgehead atoms. The first-order valence-corrected chi connectivity index (χ1v) is 10.1. The molecule has 3 rings (SSSR count). The highest BCUT2D eigenvalue weighted by Crippen LogP contribution is 2.24. The molecule has 2 aromatic rings. The fourth-order valence-electron chi connectivity index (χ4n) is 3.24. The molecule has 5 nitrogen and oxygen atoms in total. The maximum Gasteiger partial charge on any atom is 0.251 e. The molecule has 0 atom stereocenters. The van der Waals surface area contributed by atoms with Crippen molar-refractivity contribution in [3.63, 3.8) is 0 Å². The lowest BCUT2D eigenvalue weighted by Crippen LogP contribution is -2.32. The number of carbonyl (C=O) groups excluding carboxylic acids is 2. The number of benzene rings is 2. The third kappa shape index (κ3) is 5.73. The Labute approximate surface area is 171 Å². The highest BCUT2D eigenvalue weighted by Gasteiger charge is 2.16. The molecule has 148 valence electrons. The standard InChI is InChI=1S/C22H26ClN3O2/c1-16-11-14-26(15-12-16)20-8-6-19(7-9-20)25-21(27)10-13-24-22(28)17-2-4-18(23)5-3-17/h2-9,16H,10-15H2,1H3,(H,24,28)(H,25,27). The summed E-state index contributed by atoms with van der Waals surface area (Å²) in [4.78, 5) is 26.5. The number of hydrogen-bond acceptors (Lipinski definition) is 3. The van der Waals surface area contributed by atoms with E-state index in [2.05, 4.69) is 22.5 Å². The summed E-state index contributed by atoms with van der Waals surface area (Å²) in [6.45, 7) is 4.74. The number of halogens is 1. The number of hydrogen-bond donors (Lipinski definition) is 2. The van der Waals surface area contributed by atoms with Crippen molar-refractivity contribution in [2.24, 2.45) is 5.92 Å². The summed E-state index contributed by atoms with van der Waals surface area (Å²) in [5, 5.41) is 6.20. The molecule has 1 heterocycles. The van der Waals surface area contributed by atoms with E-state index in [1.165, 1.54) is 18.5 Å². The number of carbonyl (C=O) groups is 2. The zero-order valence-corrected chi connectivity index (χ0v) is 16.8. The van der Waals surface area contributed by atoms with Gasteiger partial charge >= 0.3 is 0 Å². The minimum absolute atomic E-state index is 0.129. The van der Waals surface area contributed by atoms with Gasteiger partial charge in [0.1, 0.15) is 0 Å². The molecular weight excluding hydrogens is 374 g/mol. The molecule has 2 aromatic carbocycles. The van der Waals surface area contributed by atoms with Crippen LogP contribution < -0.4 is 15.5 Å². The molecule has 0 unspecified atom stereocenters. The Morgan fingerprint density at radius 2 is 1.68 bits per heavy atom. The summed E-state index contributed by atoms with van der Waals surface area (Å²) < 4.78 is 0. The second kappa shape index (κ2) is 9.60. The van der Waals surface area contributed by atoms with Crippen LogP contribution in [-0.4, -0.2) is 31.4 Å². The molecule has 2 amide bonds. The zero-order valence-electron chi connectivity index (χ0n) is 16.1. The molecule has 0 aromatic heterocycles. The van der Waals surface area contributed by atoms with E-state index < -0.39 is 0 Å². The Bertz CT molecular complexity index is 798. The predicted molar refractivity (Wildman–Crippen MR) is 114 cm³/mol. The van der Waals surface area contributed by atoms with E-state index in [1.807, 2.05) is 24.3 Å². The summed E-state index contributed by atoms with van der Waals surface area (Å²) in [6, 6.07) is 14.6. The monoisotopic (exact) mass is 399 g/mol. The van der Waals surface area contributed by atoms with Crippen molar-refractivity contribution in [2.45, 2.75) is 26.2 Å². The summed E-state index contributed by atoms with van der Waals surface area (Å²) in [5.41, 5.74) is 2.48. The van der Waals surface area contributed by atoms with E-state index in [4.69, 9.17) is 11.6 Å². The van der Waals surface area contributed by atoms with Crippen LogP contribution in [0, 0.1) is 5.92 Å². The van der Waals surface area contributed by atoms with Crippen molar-refractivity contribution in [1.82, 2.24) is 5.32 Å². The predicted octanol–water partition coefficient (Wildman–Crippen LogP) is 4.33. The van der Waals surface area contributed by atoms with Gasteiger partial charge in [0, 0.05) is 48.0 Å². The maximum atomic E-state index is 12.1. The van der Waals surface area contributed by atoms with Crippen LogP contribution in [-0.2, 0) is 4.79 Å². The Kier molecular flexibility index (Phi) is 6.93. The minimum Gasteiger partial charge on any atom is -0.372 e. The first kappa shape index (κ1) is 20.2. The number of piperidine rings is 1. The number of amides is 2. The van der Waals surface area contributed by atoms with Gasteiger partial charge in [-0.15, -0.1) is 0 Å². The lowest BCUT2D eigenvalue weighted by molar-refractivity contribution is -0.116. The van der Waals surface area contributed by atoms with Crippen LogP contribution in [0.1, 0.15) is 36.5 Å². The van der Waals surface area contributed by atoms with Crippen LogP contribution in [0.3, 0.4) is 0 Å². The SMILES string of the molecule is CC1CCN(c2ccc(NC(=O)CCNC(=O)c3ccc(Cl)cc3)cc2)CC1. The van der Waals surface area contributed by atoms with Crippen LogP contribution in [0.25, 0.3) is 0 Å². The van der Waals surface area contributed by atoms with E-state index in [9.17, 15) is 9.59 Å². The molecule has 1 aliphatic rings. The van der Waals surface area contributed by atoms with Gasteiger partial charge in [0.05, 0.1) is 0 Å². The summed E-state index contributed by atoms with van der Waals surface area (Å²) >= 11 is 5.81. The Morgan fingerprint density at radius 3 is 2.32 bits per heavy atom. The van der Waals surface area contributed by atoms with Gasteiger partial charge in [0.15, 0.2) is 0 Å². The van der Waals surface area contributed by atoms with Gasteiger partial charge in [0.25, 0.3) is 5.91 Å². The van der Waals surface area contributed by atoms with E-state index in [0.29, 0.717) is 10.6 Å². The van der Waals surface area contributed by atoms with Crippen molar-refractivity contribution in [3.05, 3.63) is 59.1 Å². The number of anilines is 2. The van der Waals surface area contributed by atoms with Gasteiger partial charge in [0.2, 0.25) is 5.91 Å². The highest BCUT2D eigenvalue weighted by molar-refractivity contribution is 6.30. The average Bonchev–Trinajstić information content (AvgIpc) is 2.70. The largest absolute Gasteiger partial charge is 0.372 e. The third-order valence-electron chi connectivity index (χ3n) is 5.04. The normalized spacial score (nSPS) is 14.6. The van der Waals surface area contributed by atoms with Gasteiger partial charge in [-0.3, -0.25) is 9.59 Å². The Balaban J connectivity index is 1.42. The molecule has 0 spiro atoms. The molecule has 1 fully saturated rings. The van der Waals surface area contributed by atoms with Gasteiger partial charge in [-0.25, -0.2) is 0 Å². The van der Waals surface area contributed by atoms with Crippen LogP contribution >= 0.6 is 11.6 Å². The van der Waals surface area contributed by atoms with Gasteiger partial charge in [-0.2, -0.15) is 0 Å². The molecule has 0 radical (unpaired) electrons. The average molecular weight is 400 g/mol. The van der Waals surface area contributed by atoms with E-state index in [-0.39, 0.29) is 24.8 Å². The van der Waals surface area contributed by atoms with Crippen LogP contribution in [0.15, 0.2) is 48.5 Å². The molecule has 1 aliphatic heterocycles. The molecule has 0 saturated carbocycles. The van der Waals surface area contributed by atoms with E-state index in [0.717, 1.165) is 24.7 Å². The van der Waals surface area contributed by atoms with Gasteiger partial charge < -0.3 is 15.5 Å². The van der Waals surface area contributed by atoms with Gasteiger partial charge in [-0.05, 0) is 67.3 Å². The second-order valence-electron chi connectivity index (χ2n) is 7.28. The third-order valence-corrected chi connectivity index (χ3v) is 5.30. The van der Waals surface area contributed by atoms with E-state index in [1.54, 1.807) is 24.3 Å². The number of nitrogens with zero attached hydrogens (tertiary/aromatic N) is 1. The first-order valence-electron chi connectivity index (χ1n) is 9.70. The zero-order chi connectivity index (χ0) is 19.9. The quantitative estimate of drug-likeness (QED) is 0.759. The summed E-state index contributed by atoms with van der Waals surface area (Å²) in [6.07, 6.45) is 2.66. The first-order chi connectivity index (χ1) is 13.5. The smallest absolute Gasteiger partial charge is 0.251 e. The highest BCUT2D eigenvalue weighted by atomic mass is 35.5. The van der Waals surface area contributed by atoms with Crippen LogP contribution in [0.2, 0.25) is 5.02 Å². The Hall–Kier alpha value is -2.53. The lowest BCUT2D eigenvalue weighted by Gasteiger charge is -2.32. The fourth-order valence-corrected chi connectivity index (χ4v) is 3.36. The van der Waals surface area contributed by atoms with Crippen molar-refractivity contribution >= 4 is 34.8 Å². The molecule has 28 heavy (non-hydrogen) atoms. The summed E-state index contributed by atoms with van der Waals surface area (Å²) in [7, 11) is 0. The van der Waals surface area contributed by atoms with Crippen molar-refractivity contribution < 1.29 is 9.59 Å². The molecular formula is C22H26ClN3O2. The molecule has 0 aliphatic carbocycles. The van der Waals surface area contributed by atoms with Crippen molar-refractivity contribution in [2.75, 3.05) is 29.9 Å². The number of rotatable bonds is 6. The fraction of sp³-hybridized carbons (Fsp3) is 0.364.